The summed E-state index contributed by atoms with van der Waals surface area (Å²) in [6.45, 7) is 9.50. The fourth-order valence-electron chi connectivity index (χ4n) is 4.35. The van der Waals surface area contributed by atoms with E-state index in [-0.39, 0.29) is 0 Å². The standard InChI is InChI=1S/C18H34N2O/c1-3-6-16-13-19-18(2,15-9-10-15)14-20(16)11-4-7-17-8-5-12-21-17/h15-17,19H,3-14H2,1-2H3. The second-order valence-corrected chi connectivity index (χ2v) is 7.76. The molecule has 1 N–H and O–H groups in total. The topological polar surface area (TPSA) is 24.5 Å². The van der Waals surface area contributed by atoms with Crippen LogP contribution < -0.4 is 5.32 Å². The van der Waals surface area contributed by atoms with E-state index in [1.807, 2.05) is 0 Å². The number of nitrogens with one attached hydrogen (secondary N) is 1. The first-order valence-electron chi connectivity index (χ1n) is 9.32. The van der Waals surface area contributed by atoms with Gasteiger partial charge in [0.1, 0.15) is 0 Å². The molecule has 0 aromatic carbocycles. The third-order valence-corrected chi connectivity index (χ3v) is 5.89. The van der Waals surface area contributed by atoms with Crippen LogP contribution in [-0.4, -0.2) is 48.8 Å². The van der Waals surface area contributed by atoms with Gasteiger partial charge in [-0.3, -0.25) is 4.90 Å². The summed E-state index contributed by atoms with van der Waals surface area (Å²) in [4.78, 5) is 2.80. The van der Waals surface area contributed by atoms with Crippen LogP contribution in [-0.2, 0) is 4.74 Å². The van der Waals surface area contributed by atoms with Gasteiger partial charge in [-0.15, -0.1) is 0 Å². The molecule has 3 rings (SSSR count). The number of hydrogen-bond donors (Lipinski definition) is 1. The minimum Gasteiger partial charge on any atom is -0.378 e. The van der Waals surface area contributed by atoms with Crippen molar-refractivity contribution in [3.8, 4) is 0 Å². The molecule has 122 valence electrons. The first-order valence-corrected chi connectivity index (χ1v) is 9.32. The van der Waals surface area contributed by atoms with Crippen molar-refractivity contribution in [3.63, 3.8) is 0 Å². The van der Waals surface area contributed by atoms with Crippen molar-refractivity contribution in [1.82, 2.24) is 10.2 Å². The first kappa shape index (κ1) is 15.8. The van der Waals surface area contributed by atoms with Crippen LogP contribution >= 0.6 is 0 Å². The van der Waals surface area contributed by atoms with Gasteiger partial charge in [-0.1, -0.05) is 13.3 Å². The number of piperazine rings is 1. The van der Waals surface area contributed by atoms with E-state index in [1.165, 1.54) is 71.0 Å². The molecule has 3 fully saturated rings. The molecule has 21 heavy (non-hydrogen) atoms. The minimum atomic E-state index is 0.383. The summed E-state index contributed by atoms with van der Waals surface area (Å²) < 4.78 is 5.77. The lowest BCUT2D eigenvalue weighted by Gasteiger charge is -2.47. The highest BCUT2D eigenvalue weighted by Crippen LogP contribution is 2.41. The molecule has 2 aliphatic heterocycles. The van der Waals surface area contributed by atoms with Crippen molar-refractivity contribution in [3.05, 3.63) is 0 Å². The fraction of sp³-hybridized carbons (Fsp3) is 1.00. The van der Waals surface area contributed by atoms with Gasteiger partial charge in [0.2, 0.25) is 0 Å². The number of hydrogen-bond acceptors (Lipinski definition) is 3. The molecule has 0 aromatic heterocycles. The van der Waals surface area contributed by atoms with Gasteiger partial charge < -0.3 is 10.1 Å². The fourth-order valence-corrected chi connectivity index (χ4v) is 4.35. The van der Waals surface area contributed by atoms with E-state index in [2.05, 4.69) is 24.1 Å². The maximum absolute atomic E-state index is 5.77. The van der Waals surface area contributed by atoms with E-state index in [0.717, 1.165) is 18.6 Å². The van der Waals surface area contributed by atoms with Crippen molar-refractivity contribution >= 4 is 0 Å². The predicted molar refractivity (Wildman–Crippen MR) is 87.6 cm³/mol. The van der Waals surface area contributed by atoms with Crippen molar-refractivity contribution in [2.45, 2.75) is 82.9 Å². The van der Waals surface area contributed by atoms with Crippen LogP contribution in [0.3, 0.4) is 0 Å². The molecule has 1 aliphatic carbocycles. The van der Waals surface area contributed by atoms with Gasteiger partial charge in [0.25, 0.3) is 0 Å². The Morgan fingerprint density at radius 3 is 2.76 bits per heavy atom. The van der Waals surface area contributed by atoms with Gasteiger partial charge in [-0.2, -0.15) is 0 Å². The second kappa shape index (κ2) is 6.97. The Morgan fingerprint density at radius 2 is 2.10 bits per heavy atom. The van der Waals surface area contributed by atoms with Gasteiger partial charge in [-0.25, -0.2) is 0 Å². The molecule has 3 aliphatic rings. The van der Waals surface area contributed by atoms with Crippen LogP contribution in [0.25, 0.3) is 0 Å². The Kier molecular flexibility index (Phi) is 5.23. The summed E-state index contributed by atoms with van der Waals surface area (Å²) in [5, 5.41) is 3.89. The summed E-state index contributed by atoms with van der Waals surface area (Å²) in [5.41, 5.74) is 0.383. The first-order chi connectivity index (χ1) is 10.2. The van der Waals surface area contributed by atoms with Gasteiger partial charge in [0.05, 0.1) is 6.10 Å². The molecule has 3 atom stereocenters. The Bertz CT molecular complexity index is 325. The molecule has 2 saturated heterocycles. The van der Waals surface area contributed by atoms with E-state index in [1.54, 1.807) is 0 Å². The average molecular weight is 294 g/mol. The highest BCUT2D eigenvalue weighted by Gasteiger charge is 2.45. The number of nitrogens with zero attached hydrogens (tertiary/aromatic N) is 1. The quantitative estimate of drug-likeness (QED) is 0.780. The zero-order valence-electron chi connectivity index (χ0n) is 14.1. The molecule has 0 amide bonds. The Hall–Kier alpha value is -0.120. The molecule has 3 nitrogen and oxygen atoms in total. The summed E-state index contributed by atoms with van der Waals surface area (Å²) in [6, 6.07) is 0.756. The summed E-state index contributed by atoms with van der Waals surface area (Å²) >= 11 is 0. The molecular formula is C18H34N2O. The molecule has 3 unspecified atom stereocenters. The molecular weight excluding hydrogens is 260 g/mol. The van der Waals surface area contributed by atoms with Crippen LogP contribution in [0.5, 0.6) is 0 Å². The Morgan fingerprint density at radius 1 is 1.24 bits per heavy atom. The lowest BCUT2D eigenvalue weighted by molar-refractivity contribution is 0.0591. The highest BCUT2D eigenvalue weighted by molar-refractivity contribution is 5.04. The van der Waals surface area contributed by atoms with Gasteiger partial charge in [0, 0.05) is 31.3 Å². The van der Waals surface area contributed by atoms with Crippen LogP contribution in [0.2, 0.25) is 0 Å². The zero-order chi connectivity index (χ0) is 14.7. The SMILES string of the molecule is CCCC1CNC(C)(C2CC2)CN1CCCC1CCCO1. The van der Waals surface area contributed by atoms with E-state index in [9.17, 15) is 0 Å². The van der Waals surface area contributed by atoms with E-state index >= 15 is 0 Å². The molecule has 0 bridgehead atoms. The molecule has 1 saturated carbocycles. The summed E-state index contributed by atoms with van der Waals surface area (Å²) in [5.74, 6) is 0.931. The molecule has 2 heterocycles. The molecule has 0 aromatic rings. The van der Waals surface area contributed by atoms with Crippen LogP contribution in [0.15, 0.2) is 0 Å². The number of rotatable bonds is 7. The van der Waals surface area contributed by atoms with Crippen molar-refractivity contribution < 1.29 is 4.74 Å². The lowest BCUT2D eigenvalue weighted by Crippen LogP contribution is -2.64. The molecule has 0 radical (unpaired) electrons. The van der Waals surface area contributed by atoms with E-state index < -0.39 is 0 Å². The van der Waals surface area contributed by atoms with Crippen LogP contribution in [0.4, 0.5) is 0 Å². The van der Waals surface area contributed by atoms with Gasteiger partial charge in [0.15, 0.2) is 0 Å². The van der Waals surface area contributed by atoms with Gasteiger partial charge >= 0.3 is 0 Å². The maximum Gasteiger partial charge on any atom is 0.0576 e. The van der Waals surface area contributed by atoms with Crippen LogP contribution in [0, 0.1) is 5.92 Å². The van der Waals surface area contributed by atoms with Gasteiger partial charge in [-0.05, 0) is 64.3 Å². The van der Waals surface area contributed by atoms with Crippen LogP contribution in [0.1, 0.15) is 65.2 Å². The maximum atomic E-state index is 5.77. The third kappa shape index (κ3) is 4.00. The predicted octanol–water partition coefficient (Wildman–Crippen LogP) is 3.19. The zero-order valence-corrected chi connectivity index (χ0v) is 14.1. The van der Waals surface area contributed by atoms with Crippen molar-refractivity contribution in [2.24, 2.45) is 5.92 Å². The lowest BCUT2D eigenvalue weighted by atomic mass is 9.89. The Labute approximate surface area is 130 Å². The highest BCUT2D eigenvalue weighted by atomic mass is 16.5. The van der Waals surface area contributed by atoms with Crippen molar-refractivity contribution in [1.29, 1.82) is 0 Å². The third-order valence-electron chi connectivity index (χ3n) is 5.89. The monoisotopic (exact) mass is 294 g/mol. The normalized spacial score (nSPS) is 38.0. The smallest absolute Gasteiger partial charge is 0.0576 e. The average Bonchev–Trinajstić information content (AvgIpc) is 3.22. The molecule has 3 heteroatoms. The Balaban J connectivity index is 1.49. The van der Waals surface area contributed by atoms with E-state index in [4.69, 9.17) is 4.74 Å². The molecule has 0 spiro atoms. The van der Waals surface area contributed by atoms with E-state index in [0.29, 0.717) is 11.6 Å². The summed E-state index contributed by atoms with van der Waals surface area (Å²) in [7, 11) is 0. The largest absolute Gasteiger partial charge is 0.378 e. The summed E-state index contributed by atoms with van der Waals surface area (Å²) in [6.07, 6.45) is 11.2. The number of ether oxygens (including phenoxy) is 1. The van der Waals surface area contributed by atoms with Crippen molar-refractivity contribution in [2.75, 3.05) is 26.2 Å². The minimum absolute atomic E-state index is 0.383. The second-order valence-electron chi connectivity index (χ2n) is 7.76.